The lowest BCUT2D eigenvalue weighted by atomic mass is 10.1. The molecule has 1 N–H and O–H groups in total. The summed E-state index contributed by atoms with van der Waals surface area (Å²) in [5, 5.41) is 14.2. The number of nitro groups is 1. The molecular weight excluding hydrogens is 338 g/mol. The van der Waals surface area contributed by atoms with Gasteiger partial charge in [0.25, 0.3) is 11.6 Å². The van der Waals surface area contributed by atoms with Crippen LogP contribution in [0.5, 0.6) is 11.5 Å². The van der Waals surface area contributed by atoms with E-state index < -0.39 is 10.8 Å². The Bertz CT molecular complexity index is 974. The topological polar surface area (TPSA) is 104 Å². The molecule has 8 heteroatoms. The Morgan fingerprint density at radius 2 is 1.96 bits per heavy atom. The predicted octanol–water partition coefficient (Wildman–Crippen LogP) is 3.17. The summed E-state index contributed by atoms with van der Waals surface area (Å²) in [5.74, 6) is 0.432. The first-order chi connectivity index (χ1) is 12.6. The first-order valence-electron chi connectivity index (χ1n) is 7.68. The molecule has 3 aromatic rings. The minimum atomic E-state index is -0.484. The van der Waals surface area contributed by atoms with Gasteiger partial charge in [-0.2, -0.15) is 0 Å². The number of carbonyl (C=O) groups is 1. The summed E-state index contributed by atoms with van der Waals surface area (Å²) in [4.78, 5) is 26.9. The number of carbonyl (C=O) groups excluding carboxylic acids is 1. The molecule has 0 saturated carbocycles. The SMILES string of the molecule is COc1ccccc1NC(=O)COc1ccc([N+](=O)[O-])c2cccnc12. The number of non-ortho nitro benzene ring substituents is 1. The number of pyridine rings is 1. The van der Waals surface area contributed by atoms with E-state index in [0.29, 0.717) is 28.1 Å². The molecule has 0 bridgehead atoms. The molecule has 0 atom stereocenters. The van der Waals surface area contributed by atoms with Crippen LogP contribution in [0.25, 0.3) is 10.9 Å². The summed E-state index contributed by atoms with van der Waals surface area (Å²) in [6.45, 7) is -0.276. The number of nitrogens with zero attached hydrogens (tertiary/aromatic N) is 2. The van der Waals surface area contributed by atoms with Crippen molar-refractivity contribution in [3.8, 4) is 11.5 Å². The predicted molar refractivity (Wildman–Crippen MR) is 95.5 cm³/mol. The van der Waals surface area contributed by atoms with Crippen molar-refractivity contribution in [2.75, 3.05) is 19.0 Å². The van der Waals surface area contributed by atoms with Crippen molar-refractivity contribution in [1.29, 1.82) is 0 Å². The highest BCUT2D eigenvalue weighted by molar-refractivity contribution is 5.95. The standard InChI is InChI=1S/C18H15N3O5/c1-25-15-7-3-2-6-13(15)20-17(22)11-26-16-9-8-14(21(23)24)12-5-4-10-19-18(12)16/h2-10H,11H2,1H3,(H,20,22). The van der Waals surface area contributed by atoms with Crippen molar-refractivity contribution >= 4 is 28.2 Å². The van der Waals surface area contributed by atoms with Gasteiger partial charge in [0.15, 0.2) is 6.61 Å². The molecule has 0 unspecified atom stereocenters. The van der Waals surface area contributed by atoms with E-state index >= 15 is 0 Å². The van der Waals surface area contributed by atoms with Gasteiger partial charge >= 0.3 is 0 Å². The van der Waals surface area contributed by atoms with Gasteiger partial charge in [-0.1, -0.05) is 12.1 Å². The third kappa shape index (κ3) is 3.54. The Morgan fingerprint density at radius 3 is 2.73 bits per heavy atom. The second kappa shape index (κ2) is 7.47. The number of methoxy groups -OCH3 is 1. The minimum absolute atomic E-state index is 0.0704. The fraction of sp³-hybridized carbons (Fsp3) is 0.111. The third-order valence-corrected chi connectivity index (χ3v) is 3.65. The highest BCUT2D eigenvalue weighted by Crippen LogP contribution is 2.31. The van der Waals surface area contributed by atoms with E-state index in [1.54, 1.807) is 36.4 Å². The largest absolute Gasteiger partial charge is 0.495 e. The van der Waals surface area contributed by atoms with Crippen LogP contribution in [-0.4, -0.2) is 29.5 Å². The monoisotopic (exact) mass is 353 g/mol. The molecular formula is C18H15N3O5. The van der Waals surface area contributed by atoms with Gasteiger partial charge < -0.3 is 14.8 Å². The molecule has 1 heterocycles. The van der Waals surface area contributed by atoms with Crippen LogP contribution >= 0.6 is 0 Å². The molecule has 1 aromatic heterocycles. The molecule has 26 heavy (non-hydrogen) atoms. The number of nitro benzene ring substituents is 1. The Labute approximate surface area is 148 Å². The highest BCUT2D eigenvalue weighted by Gasteiger charge is 2.16. The molecule has 0 aliphatic heterocycles. The smallest absolute Gasteiger partial charge is 0.279 e. The molecule has 0 aliphatic carbocycles. The maximum absolute atomic E-state index is 12.1. The summed E-state index contributed by atoms with van der Waals surface area (Å²) in [6.07, 6.45) is 1.51. The maximum atomic E-state index is 12.1. The second-order valence-electron chi connectivity index (χ2n) is 5.28. The second-order valence-corrected chi connectivity index (χ2v) is 5.28. The number of aromatic nitrogens is 1. The Morgan fingerprint density at radius 1 is 1.15 bits per heavy atom. The van der Waals surface area contributed by atoms with E-state index in [9.17, 15) is 14.9 Å². The normalized spacial score (nSPS) is 10.3. The molecule has 0 fully saturated rings. The van der Waals surface area contributed by atoms with E-state index in [-0.39, 0.29) is 12.3 Å². The molecule has 3 rings (SSSR count). The maximum Gasteiger partial charge on any atom is 0.279 e. The molecule has 132 valence electrons. The van der Waals surface area contributed by atoms with Crippen molar-refractivity contribution < 1.29 is 19.2 Å². The Kier molecular flexibility index (Phi) is 4.93. The zero-order chi connectivity index (χ0) is 18.5. The molecule has 0 aliphatic rings. The van der Waals surface area contributed by atoms with Gasteiger partial charge in [0, 0.05) is 12.3 Å². The zero-order valence-electron chi connectivity index (χ0n) is 13.8. The summed E-state index contributed by atoms with van der Waals surface area (Å²) in [6, 6.07) is 13.0. The molecule has 0 spiro atoms. The first kappa shape index (κ1) is 17.2. The summed E-state index contributed by atoms with van der Waals surface area (Å²) in [7, 11) is 1.51. The van der Waals surface area contributed by atoms with Crippen molar-refractivity contribution in [1.82, 2.24) is 4.98 Å². The molecule has 0 radical (unpaired) electrons. The van der Waals surface area contributed by atoms with Crippen LogP contribution in [0.2, 0.25) is 0 Å². The molecule has 2 aromatic carbocycles. The van der Waals surface area contributed by atoms with Gasteiger partial charge in [-0.3, -0.25) is 19.9 Å². The van der Waals surface area contributed by atoms with Crippen molar-refractivity contribution in [3.63, 3.8) is 0 Å². The van der Waals surface area contributed by atoms with Gasteiger partial charge in [0.2, 0.25) is 0 Å². The van der Waals surface area contributed by atoms with Gasteiger partial charge in [-0.05, 0) is 30.3 Å². The zero-order valence-corrected chi connectivity index (χ0v) is 13.8. The summed E-state index contributed by atoms with van der Waals surface area (Å²) < 4.78 is 10.7. The molecule has 8 nitrogen and oxygen atoms in total. The van der Waals surface area contributed by atoms with E-state index in [4.69, 9.17) is 9.47 Å². The number of hydrogen-bond acceptors (Lipinski definition) is 6. The number of fused-ring (bicyclic) bond motifs is 1. The average molecular weight is 353 g/mol. The lowest BCUT2D eigenvalue weighted by Gasteiger charge is -2.11. The number of benzene rings is 2. The van der Waals surface area contributed by atoms with Gasteiger partial charge in [0.1, 0.15) is 17.0 Å². The minimum Gasteiger partial charge on any atom is -0.495 e. The number of anilines is 1. The highest BCUT2D eigenvalue weighted by atomic mass is 16.6. The summed E-state index contributed by atoms with van der Waals surface area (Å²) in [5.41, 5.74) is 0.779. The van der Waals surface area contributed by atoms with Gasteiger partial charge in [-0.15, -0.1) is 0 Å². The van der Waals surface area contributed by atoms with Crippen LogP contribution in [-0.2, 0) is 4.79 Å². The number of hydrogen-bond donors (Lipinski definition) is 1. The van der Waals surface area contributed by atoms with Crippen LogP contribution in [0.4, 0.5) is 11.4 Å². The van der Waals surface area contributed by atoms with E-state index in [1.807, 2.05) is 0 Å². The van der Waals surface area contributed by atoms with Crippen LogP contribution in [0, 0.1) is 10.1 Å². The van der Waals surface area contributed by atoms with Gasteiger partial charge in [0.05, 0.1) is 23.1 Å². The number of amides is 1. The average Bonchev–Trinajstić information content (AvgIpc) is 2.66. The Balaban J connectivity index is 1.77. The van der Waals surface area contributed by atoms with Crippen LogP contribution < -0.4 is 14.8 Å². The Hall–Kier alpha value is -3.68. The quantitative estimate of drug-likeness (QED) is 0.539. The van der Waals surface area contributed by atoms with Crippen molar-refractivity contribution in [2.45, 2.75) is 0 Å². The fourth-order valence-electron chi connectivity index (χ4n) is 2.48. The van der Waals surface area contributed by atoms with Gasteiger partial charge in [-0.25, -0.2) is 0 Å². The van der Waals surface area contributed by atoms with E-state index in [0.717, 1.165) is 0 Å². The van der Waals surface area contributed by atoms with E-state index in [1.165, 1.54) is 25.4 Å². The number of nitrogens with one attached hydrogen (secondary N) is 1. The number of para-hydroxylation sites is 2. The van der Waals surface area contributed by atoms with E-state index in [2.05, 4.69) is 10.3 Å². The van der Waals surface area contributed by atoms with Crippen LogP contribution in [0.1, 0.15) is 0 Å². The fourth-order valence-corrected chi connectivity index (χ4v) is 2.48. The number of rotatable bonds is 6. The lowest BCUT2D eigenvalue weighted by molar-refractivity contribution is -0.383. The van der Waals surface area contributed by atoms with Crippen molar-refractivity contribution in [3.05, 3.63) is 64.8 Å². The van der Waals surface area contributed by atoms with Crippen LogP contribution in [0.3, 0.4) is 0 Å². The van der Waals surface area contributed by atoms with Crippen LogP contribution in [0.15, 0.2) is 54.7 Å². The number of ether oxygens (including phenoxy) is 2. The third-order valence-electron chi connectivity index (χ3n) is 3.65. The lowest BCUT2D eigenvalue weighted by Crippen LogP contribution is -2.20. The first-order valence-corrected chi connectivity index (χ1v) is 7.68. The molecule has 1 amide bonds. The summed E-state index contributed by atoms with van der Waals surface area (Å²) >= 11 is 0. The van der Waals surface area contributed by atoms with Crippen molar-refractivity contribution in [2.24, 2.45) is 0 Å². The molecule has 0 saturated heterocycles.